The first-order valence-electron chi connectivity index (χ1n) is 7.00. The molecule has 5 heteroatoms. The van der Waals surface area contributed by atoms with E-state index in [-0.39, 0.29) is 5.97 Å². The molecule has 1 aromatic heterocycles. The third-order valence-electron chi connectivity index (χ3n) is 3.00. The summed E-state index contributed by atoms with van der Waals surface area (Å²) in [5.74, 6) is 0.763. The number of benzene rings is 1. The molecule has 4 nitrogen and oxygen atoms in total. The minimum atomic E-state index is -0.114. The molecule has 0 aliphatic carbocycles. The summed E-state index contributed by atoms with van der Waals surface area (Å²) >= 11 is 1.70. The lowest BCUT2D eigenvalue weighted by atomic mass is 10.3. The first-order valence-corrected chi connectivity index (χ1v) is 7.98. The Balaban J connectivity index is 1.94. The molecule has 0 saturated carbocycles. The lowest BCUT2D eigenvalue weighted by molar-refractivity contribution is -0.143. The number of nitrogens with zero attached hydrogens (tertiary/aromatic N) is 2. The van der Waals surface area contributed by atoms with Crippen molar-refractivity contribution in [2.24, 2.45) is 0 Å². The smallest absolute Gasteiger partial charge is 0.305 e. The molecule has 20 heavy (non-hydrogen) atoms. The van der Waals surface area contributed by atoms with Gasteiger partial charge in [0.25, 0.3) is 0 Å². The maximum atomic E-state index is 11.3. The molecule has 0 atom stereocenters. The van der Waals surface area contributed by atoms with Crippen molar-refractivity contribution in [1.82, 2.24) is 9.55 Å². The van der Waals surface area contributed by atoms with Crippen LogP contribution in [0.2, 0.25) is 0 Å². The molecule has 0 aliphatic rings. The van der Waals surface area contributed by atoms with Crippen molar-refractivity contribution in [3.8, 4) is 0 Å². The Kier molecular flexibility index (Phi) is 5.47. The molecule has 0 fully saturated rings. The van der Waals surface area contributed by atoms with Crippen LogP contribution in [0.5, 0.6) is 0 Å². The summed E-state index contributed by atoms with van der Waals surface area (Å²) in [4.78, 5) is 15.9. The summed E-state index contributed by atoms with van der Waals surface area (Å²) < 4.78 is 7.13. The highest BCUT2D eigenvalue weighted by Crippen LogP contribution is 2.24. The molecule has 1 aromatic carbocycles. The van der Waals surface area contributed by atoms with Crippen LogP contribution in [0, 0.1) is 0 Å². The fraction of sp³-hybridized carbons (Fsp3) is 0.467. The minimum absolute atomic E-state index is 0.114. The zero-order valence-electron chi connectivity index (χ0n) is 12.0. The molecule has 0 spiro atoms. The summed E-state index contributed by atoms with van der Waals surface area (Å²) in [6.07, 6.45) is 1.30. The second-order valence-corrected chi connectivity index (χ2v) is 5.45. The maximum absolute atomic E-state index is 11.3. The van der Waals surface area contributed by atoms with Crippen LogP contribution in [0.15, 0.2) is 29.4 Å². The third kappa shape index (κ3) is 3.54. The summed E-state index contributed by atoms with van der Waals surface area (Å²) in [5, 5.41) is 1.03. The van der Waals surface area contributed by atoms with Gasteiger partial charge in [-0.25, -0.2) is 4.98 Å². The fourth-order valence-corrected chi connectivity index (χ4v) is 3.10. The van der Waals surface area contributed by atoms with Gasteiger partial charge in [-0.05, 0) is 32.4 Å². The van der Waals surface area contributed by atoms with E-state index < -0.39 is 0 Å². The van der Waals surface area contributed by atoms with Crippen molar-refractivity contribution in [1.29, 1.82) is 0 Å². The number of imidazole rings is 1. The predicted octanol–water partition coefficient (Wildman–Crippen LogP) is 3.49. The van der Waals surface area contributed by atoms with Crippen LogP contribution in [0.4, 0.5) is 0 Å². The van der Waals surface area contributed by atoms with Gasteiger partial charge >= 0.3 is 5.97 Å². The fourth-order valence-electron chi connectivity index (χ4n) is 2.08. The van der Waals surface area contributed by atoms with Crippen molar-refractivity contribution in [2.75, 3.05) is 12.4 Å². The quantitative estimate of drug-likeness (QED) is 0.445. The van der Waals surface area contributed by atoms with Gasteiger partial charge in [0.15, 0.2) is 5.16 Å². The van der Waals surface area contributed by atoms with Gasteiger partial charge in [-0.3, -0.25) is 4.79 Å². The highest BCUT2D eigenvalue weighted by molar-refractivity contribution is 7.99. The number of aryl methyl sites for hydroxylation is 1. The van der Waals surface area contributed by atoms with Crippen molar-refractivity contribution in [3.05, 3.63) is 24.3 Å². The van der Waals surface area contributed by atoms with E-state index in [2.05, 4.69) is 22.5 Å². The van der Waals surface area contributed by atoms with E-state index >= 15 is 0 Å². The Morgan fingerprint density at radius 1 is 1.35 bits per heavy atom. The van der Waals surface area contributed by atoms with E-state index in [9.17, 15) is 4.79 Å². The normalized spacial score (nSPS) is 10.9. The lowest BCUT2D eigenvalue weighted by Crippen LogP contribution is -2.04. The van der Waals surface area contributed by atoms with Crippen LogP contribution in [-0.4, -0.2) is 27.9 Å². The van der Waals surface area contributed by atoms with E-state index in [1.807, 2.05) is 25.1 Å². The highest BCUT2D eigenvalue weighted by atomic mass is 32.2. The number of thioether (sulfide) groups is 1. The van der Waals surface area contributed by atoms with E-state index in [1.54, 1.807) is 11.8 Å². The van der Waals surface area contributed by atoms with Crippen LogP contribution in [0.1, 0.15) is 26.7 Å². The average Bonchev–Trinajstić information content (AvgIpc) is 2.81. The summed E-state index contributed by atoms with van der Waals surface area (Å²) in [6.45, 7) is 5.31. The van der Waals surface area contributed by atoms with Crippen LogP contribution in [0.25, 0.3) is 11.0 Å². The Labute approximate surface area is 123 Å². The van der Waals surface area contributed by atoms with Crippen LogP contribution in [-0.2, 0) is 16.1 Å². The Hall–Kier alpha value is -1.49. The van der Waals surface area contributed by atoms with Gasteiger partial charge in [0.2, 0.25) is 0 Å². The summed E-state index contributed by atoms with van der Waals surface area (Å²) in [6, 6.07) is 8.16. The number of carbonyl (C=O) groups is 1. The van der Waals surface area contributed by atoms with Crippen LogP contribution >= 0.6 is 11.8 Å². The maximum Gasteiger partial charge on any atom is 0.305 e. The molecule has 0 bridgehead atoms. The molecular weight excluding hydrogens is 272 g/mol. The lowest BCUT2D eigenvalue weighted by Gasteiger charge is -2.05. The van der Waals surface area contributed by atoms with Gasteiger partial charge in [0.05, 0.1) is 17.6 Å². The predicted molar refractivity (Wildman–Crippen MR) is 82.0 cm³/mol. The number of carbonyl (C=O) groups excluding carboxylic acids is 1. The third-order valence-corrected chi connectivity index (χ3v) is 4.06. The molecule has 2 aromatic rings. The van der Waals surface area contributed by atoms with Crippen LogP contribution < -0.4 is 0 Å². The number of aromatic nitrogens is 2. The number of para-hydroxylation sites is 2. The molecule has 1 heterocycles. The number of hydrogen-bond acceptors (Lipinski definition) is 4. The summed E-state index contributed by atoms with van der Waals surface area (Å²) in [7, 11) is 0. The monoisotopic (exact) mass is 292 g/mol. The van der Waals surface area contributed by atoms with Gasteiger partial charge in [0, 0.05) is 18.7 Å². The second kappa shape index (κ2) is 7.33. The van der Waals surface area contributed by atoms with Gasteiger partial charge in [-0.2, -0.15) is 0 Å². The molecule has 0 aliphatic heterocycles. The second-order valence-electron chi connectivity index (χ2n) is 4.38. The van der Waals surface area contributed by atoms with Crippen molar-refractivity contribution in [3.63, 3.8) is 0 Å². The largest absolute Gasteiger partial charge is 0.466 e. The topological polar surface area (TPSA) is 44.1 Å². The Morgan fingerprint density at radius 2 is 2.15 bits per heavy atom. The Bertz CT molecular complexity index is 580. The first-order chi connectivity index (χ1) is 9.76. The van der Waals surface area contributed by atoms with Gasteiger partial charge < -0.3 is 9.30 Å². The zero-order valence-corrected chi connectivity index (χ0v) is 12.8. The minimum Gasteiger partial charge on any atom is -0.466 e. The molecule has 0 radical (unpaired) electrons. The number of hydrogen-bond donors (Lipinski definition) is 0. The molecule has 2 rings (SSSR count). The molecule has 0 unspecified atom stereocenters. The SMILES string of the molecule is CCOC(=O)CCCSc1nc2ccccc2n1CC. The number of fused-ring (bicyclic) bond motifs is 1. The summed E-state index contributed by atoms with van der Waals surface area (Å²) in [5.41, 5.74) is 2.20. The van der Waals surface area contributed by atoms with Crippen molar-refractivity contribution < 1.29 is 9.53 Å². The van der Waals surface area contributed by atoms with Gasteiger partial charge in [-0.1, -0.05) is 23.9 Å². The van der Waals surface area contributed by atoms with E-state index in [0.717, 1.165) is 29.4 Å². The van der Waals surface area contributed by atoms with Crippen molar-refractivity contribution in [2.45, 2.75) is 38.4 Å². The zero-order chi connectivity index (χ0) is 14.4. The van der Waals surface area contributed by atoms with Gasteiger partial charge in [0.1, 0.15) is 0 Å². The number of ether oxygens (including phenoxy) is 1. The standard InChI is InChI=1S/C15H20N2O2S/c1-3-17-13-9-6-5-8-12(13)16-15(17)20-11-7-10-14(18)19-4-2/h5-6,8-9H,3-4,7,10-11H2,1-2H3. The number of rotatable bonds is 7. The number of esters is 1. The van der Waals surface area contributed by atoms with Gasteiger partial charge in [-0.15, -0.1) is 0 Å². The molecule has 0 saturated heterocycles. The average molecular weight is 292 g/mol. The Morgan fingerprint density at radius 3 is 2.90 bits per heavy atom. The van der Waals surface area contributed by atoms with E-state index in [0.29, 0.717) is 13.0 Å². The molecular formula is C15H20N2O2S. The molecule has 0 N–H and O–H groups in total. The van der Waals surface area contributed by atoms with Crippen LogP contribution in [0.3, 0.4) is 0 Å². The highest BCUT2D eigenvalue weighted by Gasteiger charge is 2.09. The first kappa shape index (κ1) is 14.9. The van der Waals surface area contributed by atoms with E-state index in [1.165, 1.54) is 5.52 Å². The molecule has 108 valence electrons. The van der Waals surface area contributed by atoms with Crippen molar-refractivity contribution >= 4 is 28.8 Å². The van der Waals surface area contributed by atoms with E-state index in [4.69, 9.17) is 4.74 Å². The molecule has 0 amide bonds.